The number of fused-ring (bicyclic) bond motifs is 1. The van der Waals surface area contributed by atoms with Gasteiger partial charge in [0.1, 0.15) is 5.25 Å². The minimum absolute atomic E-state index is 0.0250. The van der Waals surface area contributed by atoms with Crippen molar-refractivity contribution in [3.63, 3.8) is 0 Å². The first kappa shape index (κ1) is 19.5. The molecule has 0 saturated carbocycles. The Morgan fingerprint density at radius 3 is 2.62 bits per heavy atom. The van der Waals surface area contributed by atoms with Crippen LogP contribution in [0.5, 0.6) is 0 Å². The summed E-state index contributed by atoms with van der Waals surface area (Å²) in [6.45, 7) is 4.87. The van der Waals surface area contributed by atoms with Crippen LogP contribution in [0.1, 0.15) is 36.9 Å². The van der Waals surface area contributed by atoms with Gasteiger partial charge in [-0.3, -0.25) is 4.79 Å². The van der Waals surface area contributed by atoms with Crippen molar-refractivity contribution in [1.82, 2.24) is 20.2 Å². The van der Waals surface area contributed by atoms with Crippen molar-refractivity contribution in [3.8, 4) is 11.4 Å². The van der Waals surface area contributed by atoms with E-state index in [1.807, 2.05) is 35.0 Å². The Morgan fingerprint density at radius 2 is 1.90 bits per heavy atom. The standard InChI is InChI=1S/C22H25N5OS/c1-3-4-14-23-21(28)19-18(16-12-10-15(2)11-13-16)26-27-20(24-25-22(27)29-19)17-8-6-5-7-9-17/h5-13,18-19,26H,3-4,14H2,1-2H3,(H,23,28). The van der Waals surface area contributed by atoms with E-state index in [1.54, 1.807) is 0 Å². The Labute approximate surface area is 175 Å². The molecule has 2 heterocycles. The fourth-order valence-corrected chi connectivity index (χ4v) is 4.45. The van der Waals surface area contributed by atoms with Crippen LogP contribution in [0, 0.1) is 6.92 Å². The van der Waals surface area contributed by atoms with Gasteiger partial charge in [0.05, 0.1) is 6.04 Å². The highest BCUT2D eigenvalue weighted by atomic mass is 32.2. The van der Waals surface area contributed by atoms with Crippen molar-refractivity contribution < 1.29 is 4.79 Å². The zero-order chi connectivity index (χ0) is 20.2. The number of unbranched alkanes of at least 4 members (excludes halogenated alkanes) is 1. The minimum atomic E-state index is -0.324. The quantitative estimate of drug-likeness (QED) is 0.606. The summed E-state index contributed by atoms with van der Waals surface area (Å²) in [4.78, 5) is 13.0. The largest absolute Gasteiger partial charge is 0.355 e. The Balaban J connectivity index is 1.68. The van der Waals surface area contributed by atoms with E-state index in [2.05, 4.69) is 59.1 Å². The summed E-state index contributed by atoms with van der Waals surface area (Å²) in [6.07, 6.45) is 2.02. The molecule has 150 valence electrons. The molecule has 7 heteroatoms. The van der Waals surface area contributed by atoms with Gasteiger partial charge in [0, 0.05) is 12.1 Å². The van der Waals surface area contributed by atoms with Crippen LogP contribution in [0.3, 0.4) is 0 Å². The third-order valence-corrected chi connectivity index (χ3v) is 6.21. The van der Waals surface area contributed by atoms with E-state index < -0.39 is 0 Å². The third-order valence-electron chi connectivity index (χ3n) is 4.99. The molecule has 1 aromatic heterocycles. The second-order valence-electron chi connectivity index (χ2n) is 7.21. The molecule has 0 radical (unpaired) electrons. The fraction of sp³-hybridized carbons (Fsp3) is 0.318. The smallest absolute Gasteiger partial charge is 0.236 e. The SMILES string of the molecule is CCCCNC(=O)C1Sc2nnc(-c3ccccc3)n2NC1c1ccc(C)cc1. The van der Waals surface area contributed by atoms with E-state index in [1.165, 1.54) is 17.3 Å². The Kier molecular flexibility index (Phi) is 5.85. The van der Waals surface area contributed by atoms with Crippen molar-refractivity contribution in [2.45, 2.75) is 43.1 Å². The molecule has 1 amide bonds. The summed E-state index contributed by atoms with van der Waals surface area (Å²) in [5, 5.41) is 12.2. The van der Waals surface area contributed by atoms with E-state index in [0.717, 1.165) is 29.8 Å². The number of hydrogen-bond donors (Lipinski definition) is 2. The van der Waals surface area contributed by atoms with Crippen molar-refractivity contribution in [3.05, 3.63) is 65.7 Å². The van der Waals surface area contributed by atoms with Crippen LogP contribution in [0.15, 0.2) is 59.8 Å². The first-order valence-corrected chi connectivity index (χ1v) is 10.8. The van der Waals surface area contributed by atoms with E-state index in [4.69, 9.17) is 0 Å². The number of aromatic nitrogens is 3. The second kappa shape index (κ2) is 8.69. The lowest BCUT2D eigenvalue weighted by Crippen LogP contribution is -2.44. The van der Waals surface area contributed by atoms with Gasteiger partial charge in [-0.1, -0.05) is 85.3 Å². The molecule has 3 aromatic rings. The number of carbonyl (C=O) groups is 1. The molecule has 0 spiro atoms. The molecule has 2 unspecified atom stereocenters. The van der Waals surface area contributed by atoms with Crippen molar-refractivity contribution >= 4 is 17.7 Å². The van der Waals surface area contributed by atoms with Crippen LogP contribution in [-0.4, -0.2) is 32.6 Å². The number of nitrogens with zero attached hydrogens (tertiary/aromatic N) is 3. The van der Waals surface area contributed by atoms with E-state index >= 15 is 0 Å². The van der Waals surface area contributed by atoms with Crippen LogP contribution in [-0.2, 0) is 4.79 Å². The maximum absolute atomic E-state index is 13.0. The van der Waals surface area contributed by atoms with Crippen LogP contribution in [0.4, 0.5) is 0 Å². The van der Waals surface area contributed by atoms with E-state index in [-0.39, 0.29) is 17.2 Å². The van der Waals surface area contributed by atoms with Gasteiger partial charge in [-0.2, -0.15) is 0 Å². The number of carbonyl (C=O) groups excluding carboxylic acids is 1. The Hall–Kier alpha value is -2.80. The van der Waals surface area contributed by atoms with Gasteiger partial charge in [0.2, 0.25) is 11.1 Å². The molecule has 2 atom stereocenters. The third kappa shape index (κ3) is 4.15. The van der Waals surface area contributed by atoms with Crippen molar-refractivity contribution in [2.24, 2.45) is 0 Å². The second-order valence-corrected chi connectivity index (χ2v) is 8.32. The highest BCUT2D eigenvalue weighted by Gasteiger charge is 2.37. The lowest BCUT2D eigenvalue weighted by Gasteiger charge is -2.33. The van der Waals surface area contributed by atoms with Gasteiger partial charge in [-0.25, -0.2) is 4.68 Å². The highest BCUT2D eigenvalue weighted by Crippen LogP contribution is 2.38. The molecule has 29 heavy (non-hydrogen) atoms. The topological polar surface area (TPSA) is 71.8 Å². The first-order valence-electron chi connectivity index (χ1n) is 9.95. The molecular formula is C22H25N5OS. The summed E-state index contributed by atoms with van der Waals surface area (Å²) >= 11 is 1.46. The molecule has 0 fully saturated rings. The van der Waals surface area contributed by atoms with Gasteiger partial charge in [0.15, 0.2) is 5.82 Å². The summed E-state index contributed by atoms with van der Waals surface area (Å²) in [5.74, 6) is 0.770. The minimum Gasteiger partial charge on any atom is -0.355 e. The van der Waals surface area contributed by atoms with E-state index in [0.29, 0.717) is 11.7 Å². The molecule has 1 aliphatic rings. The number of amides is 1. The van der Waals surface area contributed by atoms with Crippen LogP contribution < -0.4 is 10.7 Å². The van der Waals surface area contributed by atoms with Crippen LogP contribution in [0.25, 0.3) is 11.4 Å². The number of thioether (sulfide) groups is 1. The summed E-state index contributed by atoms with van der Waals surface area (Å²) in [5.41, 5.74) is 6.75. The van der Waals surface area contributed by atoms with Crippen LogP contribution in [0.2, 0.25) is 0 Å². The summed E-state index contributed by atoms with van der Waals surface area (Å²) < 4.78 is 1.90. The first-order chi connectivity index (χ1) is 14.2. The van der Waals surface area contributed by atoms with Crippen molar-refractivity contribution in [1.29, 1.82) is 0 Å². The van der Waals surface area contributed by atoms with Gasteiger partial charge >= 0.3 is 0 Å². The summed E-state index contributed by atoms with van der Waals surface area (Å²) in [7, 11) is 0. The van der Waals surface area contributed by atoms with Gasteiger partial charge in [-0.15, -0.1) is 10.2 Å². The monoisotopic (exact) mass is 407 g/mol. The number of hydrogen-bond acceptors (Lipinski definition) is 5. The molecule has 2 aromatic carbocycles. The molecule has 0 saturated heterocycles. The number of nitrogens with one attached hydrogen (secondary N) is 2. The van der Waals surface area contributed by atoms with Crippen molar-refractivity contribution in [2.75, 3.05) is 12.0 Å². The average Bonchev–Trinajstić information content (AvgIpc) is 3.17. The number of aryl methyl sites for hydroxylation is 1. The van der Waals surface area contributed by atoms with Crippen LogP contribution >= 0.6 is 11.8 Å². The molecule has 4 rings (SSSR count). The lowest BCUT2D eigenvalue weighted by atomic mass is 10.0. The van der Waals surface area contributed by atoms with E-state index in [9.17, 15) is 4.79 Å². The maximum atomic E-state index is 13.0. The fourth-order valence-electron chi connectivity index (χ4n) is 3.34. The normalized spacial score (nSPS) is 18.0. The molecule has 0 bridgehead atoms. The van der Waals surface area contributed by atoms with Gasteiger partial charge < -0.3 is 10.7 Å². The Morgan fingerprint density at radius 1 is 1.14 bits per heavy atom. The predicted molar refractivity (Wildman–Crippen MR) is 116 cm³/mol. The molecule has 6 nitrogen and oxygen atoms in total. The number of rotatable bonds is 6. The zero-order valence-corrected chi connectivity index (χ0v) is 17.4. The molecule has 0 aliphatic carbocycles. The molecule has 1 aliphatic heterocycles. The molecular weight excluding hydrogens is 382 g/mol. The Bertz CT molecular complexity index is 971. The average molecular weight is 408 g/mol. The lowest BCUT2D eigenvalue weighted by molar-refractivity contribution is -0.120. The maximum Gasteiger partial charge on any atom is 0.236 e. The highest BCUT2D eigenvalue weighted by molar-refractivity contribution is 8.00. The number of benzene rings is 2. The summed E-state index contributed by atoms with van der Waals surface area (Å²) in [6, 6.07) is 18.1. The zero-order valence-electron chi connectivity index (χ0n) is 16.6. The van der Waals surface area contributed by atoms with Gasteiger partial charge in [-0.05, 0) is 18.9 Å². The van der Waals surface area contributed by atoms with Gasteiger partial charge in [0.25, 0.3) is 0 Å². The predicted octanol–water partition coefficient (Wildman–Crippen LogP) is 3.93. The molecule has 2 N–H and O–H groups in total.